The van der Waals surface area contributed by atoms with Crippen molar-refractivity contribution in [2.75, 3.05) is 6.54 Å². The summed E-state index contributed by atoms with van der Waals surface area (Å²) in [5, 5.41) is 10.3. The molecule has 0 atom stereocenters. The molecule has 0 unspecified atom stereocenters. The summed E-state index contributed by atoms with van der Waals surface area (Å²) in [5.41, 5.74) is 1.34. The second-order valence-electron chi connectivity index (χ2n) is 5.68. The minimum atomic E-state index is -1.48. The van der Waals surface area contributed by atoms with Crippen LogP contribution in [-0.4, -0.2) is 34.5 Å². The lowest BCUT2D eigenvalue weighted by atomic mass is 10.1. The fraction of sp³-hybridized carbons (Fsp3) is 0.167. The zero-order valence-corrected chi connectivity index (χ0v) is 13.6. The summed E-state index contributed by atoms with van der Waals surface area (Å²) >= 11 is 0. The van der Waals surface area contributed by atoms with E-state index in [0.717, 1.165) is 0 Å². The lowest BCUT2D eigenvalue weighted by molar-refractivity contribution is -0.121. The SMILES string of the molecule is O=C(O)NC(=O)CN1Cc2c(OCc3ccccc3F)cccc2C1=O. The van der Waals surface area contributed by atoms with Gasteiger partial charge in [0.2, 0.25) is 5.91 Å². The first kappa shape index (κ1) is 17.4. The Labute approximate surface area is 148 Å². The first-order valence-corrected chi connectivity index (χ1v) is 7.76. The van der Waals surface area contributed by atoms with Crippen molar-refractivity contribution in [3.05, 3.63) is 65.0 Å². The van der Waals surface area contributed by atoms with Crippen LogP contribution in [0.4, 0.5) is 9.18 Å². The first-order chi connectivity index (χ1) is 12.5. The Morgan fingerprint density at radius 2 is 1.96 bits per heavy atom. The van der Waals surface area contributed by atoms with Gasteiger partial charge in [-0.1, -0.05) is 24.3 Å². The van der Waals surface area contributed by atoms with Crippen LogP contribution in [0.3, 0.4) is 0 Å². The molecule has 0 fully saturated rings. The van der Waals surface area contributed by atoms with E-state index in [1.54, 1.807) is 41.7 Å². The predicted molar refractivity (Wildman–Crippen MR) is 88.1 cm³/mol. The summed E-state index contributed by atoms with van der Waals surface area (Å²) in [5.74, 6) is -1.16. The van der Waals surface area contributed by atoms with Crippen molar-refractivity contribution in [1.29, 1.82) is 0 Å². The monoisotopic (exact) mass is 358 g/mol. The van der Waals surface area contributed by atoms with Crippen LogP contribution in [0.2, 0.25) is 0 Å². The van der Waals surface area contributed by atoms with E-state index in [-0.39, 0.29) is 25.5 Å². The van der Waals surface area contributed by atoms with E-state index in [0.29, 0.717) is 22.4 Å². The zero-order valence-electron chi connectivity index (χ0n) is 13.6. The van der Waals surface area contributed by atoms with Gasteiger partial charge in [-0.2, -0.15) is 0 Å². The quantitative estimate of drug-likeness (QED) is 0.854. The molecule has 3 amide bonds. The molecule has 134 valence electrons. The van der Waals surface area contributed by atoms with Gasteiger partial charge in [-0.05, 0) is 18.2 Å². The predicted octanol–water partition coefficient (Wildman–Crippen LogP) is 2.15. The standard InChI is InChI=1S/C18H15FN2O5/c19-14-6-2-1-4-11(14)10-26-15-7-3-5-12-13(15)8-21(17(12)23)9-16(22)20-18(24)25/h1-7H,8-10H2,(H,20,22)(H,24,25). The first-order valence-electron chi connectivity index (χ1n) is 7.76. The molecule has 1 heterocycles. The number of carboxylic acid groups (broad SMARTS) is 1. The van der Waals surface area contributed by atoms with Gasteiger partial charge in [0.05, 0.1) is 6.54 Å². The van der Waals surface area contributed by atoms with Gasteiger partial charge in [-0.25, -0.2) is 9.18 Å². The molecule has 3 rings (SSSR count). The highest BCUT2D eigenvalue weighted by molar-refractivity contribution is 6.02. The largest absolute Gasteiger partial charge is 0.488 e. The van der Waals surface area contributed by atoms with Crippen LogP contribution in [0.15, 0.2) is 42.5 Å². The molecule has 8 heteroatoms. The highest BCUT2D eigenvalue weighted by Gasteiger charge is 2.31. The minimum Gasteiger partial charge on any atom is -0.488 e. The number of benzene rings is 2. The number of carbonyl (C=O) groups is 3. The summed E-state index contributed by atoms with van der Waals surface area (Å²) < 4.78 is 19.4. The van der Waals surface area contributed by atoms with Crippen molar-refractivity contribution in [2.45, 2.75) is 13.2 Å². The van der Waals surface area contributed by atoms with Crippen LogP contribution in [0, 0.1) is 5.82 Å². The molecule has 0 saturated carbocycles. The highest BCUT2D eigenvalue weighted by atomic mass is 19.1. The van der Waals surface area contributed by atoms with Crippen molar-refractivity contribution < 1.29 is 28.6 Å². The van der Waals surface area contributed by atoms with E-state index in [9.17, 15) is 18.8 Å². The number of ether oxygens (including phenoxy) is 1. The van der Waals surface area contributed by atoms with Gasteiger partial charge in [0.1, 0.15) is 24.7 Å². The number of nitrogens with one attached hydrogen (secondary N) is 1. The third-order valence-electron chi connectivity index (χ3n) is 3.92. The van der Waals surface area contributed by atoms with Crippen molar-refractivity contribution in [1.82, 2.24) is 10.2 Å². The molecule has 0 aliphatic carbocycles. The van der Waals surface area contributed by atoms with Gasteiger partial charge in [-0.3, -0.25) is 14.9 Å². The normalized spacial score (nSPS) is 12.7. The summed E-state index contributed by atoms with van der Waals surface area (Å²) in [7, 11) is 0. The maximum Gasteiger partial charge on any atom is 0.411 e. The third kappa shape index (κ3) is 3.64. The average Bonchev–Trinajstić information content (AvgIpc) is 2.90. The van der Waals surface area contributed by atoms with Crippen molar-refractivity contribution >= 4 is 17.9 Å². The third-order valence-corrected chi connectivity index (χ3v) is 3.92. The molecular weight excluding hydrogens is 343 g/mol. The van der Waals surface area contributed by atoms with E-state index in [1.807, 2.05) is 0 Å². The molecule has 0 bridgehead atoms. The van der Waals surface area contributed by atoms with Gasteiger partial charge in [-0.15, -0.1) is 0 Å². The Morgan fingerprint density at radius 1 is 1.19 bits per heavy atom. The van der Waals surface area contributed by atoms with Gasteiger partial charge in [0.25, 0.3) is 5.91 Å². The summed E-state index contributed by atoms with van der Waals surface area (Å²) in [6, 6.07) is 11.1. The molecule has 0 saturated heterocycles. The van der Waals surface area contributed by atoms with E-state index in [2.05, 4.69) is 0 Å². The molecule has 2 aromatic rings. The van der Waals surface area contributed by atoms with Crippen LogP contribution >= 0.6 is 0 Å². The molecule has 7 nitrogen and oxygen atoms in total. The molecule has 2 aromatic carbocycles. The van der Waals surface area contributed by atoms with E-state index in [4.69, 9.17) is 9.84 Å². The van der Waals surface area contributed by atoms with Crippen molar-refractivity contribution in [3.63, 3.8) is 0 Å². The van der Waals surface area contributed by atoms with E-state index >= 15 is 0 Å². The van der Waals surface area contributed by atoms with Gasteiger partial charge >= 0.3 is 6.09 Å². The number of nitrogens with zero attached hydrogens (tertiary/aromatic N) is 1. The number of fused-ring (bicyclic) bond motifs is 1. The summed E-state index contributed by atoms with van der Waals surface area (Å²) in [6.45, 7) is -0.280. The number of rotatable bonds is 5. The second kappa shape index (κ2) is 7.22. The fourth-order valence-electron chi connectivity index (χ4n) is 2.73. The summed E-state index contributed by atoms with van der Waals surface area (Å²) in [4.78, 5) is 35.7. The molecule has 0 aromatic heterocycles. The second-order valence-corrected chi connectivity index (χ2v) is 5.68. The number of imide groups is 1. The molecule has 26 heavy (non-hydrogen) atoms. The van der Waals surface area contributed by atoms with E-state index < -0.39 is 17.9 Å². The number of carbonyl (C=O) groups excluding carboxylic acids is 2. The number of hydrogen-bond donors (Lipinski definition) is 2. The van der Waals surface area contributed by atoms with Gasteiger partial charge in [0.15, 0.2) is 0 Å². The minimum absolute atomic E-state index is 0.00316. The average molecular weight is 358 g/mol. The lowest BCUT2D eigenvalue weighted by Crippen LogP contribution is -2.39. The maximum absolute atomic E-state index is 13.7. The maximum atomic E-state index is 13.7. The van der Waals surface area contributed by atoms with Crippen molar-refractivity contribution in [2.24, 2.45) is 0 Å². The van der Waals surface area contributed by atoms with Gasteiger partial charge < -0.3 is 14.7 Å². The van der Waals surface area contributed by atoms with Gasteiger partial charge in [0, 0.05) is 16.7 Å². The molecule has 0 spiro atoms. The zero-order chi connectivity index (χ0) is 18.7. The van der Waals surface area contributed by atoms with Crippen LogP contribution in [0.5, 0.6) is 5.75 Å². The molecule has 1 aliphatic rings. The molecule has 0 radical (unpaired) electrons. The Balaban J connectivity index is 1.73. The fourth-order valence-corrected chi connectivity index (χ4v) is 2.73. The Morgan fingerprint density at radius 3 is 2.69 bits per heavy atom. The van der Waals surface area contributed by atoms with Crippen LogP contribution in [0.25, 0.3) is 0 Å². The number of halogens is 1. The number of hydrogen-bond acceptors (Lipinski definition) is 4. The molecule has 2 N–H and O–H groups in total. The van der Waals surface area contributed by atoms with Crippen LogP contribution in [0.1, 0.15) is 21.5 Å². The van der Waals surface area contributed by atoms with Crippen LogP contribution < -0.4 is 10.1 Å². The Bertz CT molecular complexity index is 884. The van der Waals surface area contributed by atoms with Crippen molar-refractivity contribution in [3.8, 4) is 5.75 Å². The molecular formula is C18H15FN2O5. The lowest BCUT2D eigenvalue weighted by Gasteiger charge is -2.14. The highest BCUT2D eigenvalue weighted by Crippen LogP contribution is 2.31. The Hall–Kier alpha value is -3.42. The summed E-state index contributed by atoms with van der Waals surface area (Å²) in [6.07, 6.45) is -1.48. The number of amides is 3. The Kier molecular flexibility index (Phi) is 4.83. The van der Waals surface area contributed by atoms with Crippen LogP contribution in [-0.2, 0) is 17.9 Å². The molecule has 1 aliphatic heterocycles. The topological polar surface area (TPSA) is 95.9 Å². The van der Waals surface area contributed by atoms with E-state index in [1.165, 1.54) is 11.0 Å². The smallest absolute Gasteiger partial charge is 0.411 e.